The number of nitrogens with one attached hydrogen (secondary N) is 1. The topological polar surface area (TPSA) is 60.5 Å². The van der Waals surface area contributed by atoms with Crippen LogP contribution in [0, 0.1) is 5.92 Å². The number of carbonyl (C=O) groups excluding carboxylic acids is 1. The van der Waals surface area contributed by atoms with Crippen molar-refractivity contribution in [3.05, 3.63) is 69.6 Å². The lowest BCUT2D eigenvalue weighted by atomic mass is 10.2. The summed E-state index contributed by atoms with van der Waals surface area (Å²) in [7, 11) is 0. The van der Waals surface area contributed by atoms with Crippen LogP contribution in [0.2, 0.25) is 5.02 Å². The summed E-state index contributed by atoms with van der Waals surface area (Å²) in [6.07, 6.45) is 0.190. The molecule has 0 radical (unpaired) electrons. The fourth-order valence-electron chi connectivity index (χ4n) is 2.48. The van der Waals surface area contributed by atoms with Crippen molar-refractivity contribution in [2.24, 2.45) is 5.92 Å². The maximum atomic E-state index is 12.4. The Morgan fingerprint density at radius 3 is 2.66 bits per heavy atom. The predicted octanol–water partition coefficient (Wildman–Crippen LogP) is 5.59. The molecule has 0 atom stereocenters. The molecule has 1 heterocycles. The smallest absolute Gasteiger partial charge is 0.230 e. The van der Waals surface area contributed by atoms with E-state index in [1.165, 1.54) is 11.3 Å². The van der Waals surface area contributed by atoms with E-state index >= 15 is 0 Å². The lowest BCUT2D eigenvalue weighted by Crippen LogP contribution is -2.16. The van der Waals surface area contributed by atoms with Crippen LogP contribution in [0.1, 0.15) is 24.5 Å². The predicted molar refractivity (Wildman–Crippen MR) is 117 cm³/mol. The molecule has 0 bridgehead atoms. The maximum Gasteiger partial charge on any atom is 0.230 e. The number of para-hydroxylation sites is 2. The first kappa shape index (κ1) is 21.1. The summed E-state index contributed by atoms with van der Waals surface area (Å²) < 4.78 is 11.5. The monoisotopic (exact) mass is 430 g/mol. The lowest BCUT2D eigenvalue weighted by Gasteiger charge is -2.13. The second-order valence-corrected chi connectivity index (χ2v) is 8.28. The van der Waals surface area contributed by atoms with Crippen molar-refractivity contribution in [3.8, 4) is 11.5 Å². The molecule has 0 saturated heterocycles. The number of nitrogens with zero attached hydrogens (tertiary/aromatic N) is 1. The first-order valence-corrected chi connectivity index (χ1v) is 10.6. The summed E-state index contributed by atoms with van der Waals surface area (Å²) in [6, 6.07) is 14.6. The van der Waals surface area contributed by atoms with Crippen LogP contribution in [0.25, 0.3) is 0 Å². The van der Waals surface area contributed by atoms with Crippen LogP contribution in [0.4, 0.5) is 5.69 Å². The number of carbonyl (C=O) groups is 1. The molecule has 152 valence electrons. The number of rotatable bonds is 9. The molecule has 0 saturated carbocycles. The number of thiazole rings is 1. The van der Waals surface area contributed by atoms with Gasteiger partial charge in [0.2, 0.25) is 5.91 Å². The molecule has 2 aromatic carbocycles. The minimum Gasteiger partial charge on any atom is -0.491 e. The Bertz CT molecular complexity index is 941. The molecule has 0 fully saturated rings. The van der Waals surface area contributed by atoms with Gasteiger partial charge >= 0.3 is 0 Å². The number of ether oxygens (including phenoxy) is 2. The number of hydrogen-bond acceptors (Lipinski definition) is 5. The van der Waals surface area contributed by atoms with E-state index in [-0.39, 0.29) is 12.3 Å². The number of benzene rings is 2. The van der Waals surface area contributed by atoms with E-state index in [1.807, 2.05) is 41.8 Å². The quantitative estimate of drug-likeness (QED) is 0.480. The molecule has 3 rings (SSSR count). The second-order valence-electron chi connectivity index (χ2n) is 6.90. The van der Waals surface area contributed by atoms with Gasteiger partial charge in [0.15, 0.2) is 0 Å². The first-order chi connectivity index (χ1) is 14.0. The Labute approximate surface area is 179 Å². The number of anilines is 1. The highest BCUT2D eigenvalue weighted by Gasteiger charge is 2.11. The second kappa shape index (κ2) is 10.3. The standard InChI is InChI=1S/C22H23ClN2O3S/c1-15(2)12-28-20-6-4-3-5-19(20)25-21(26)11-17-14-29-22(24-17)13-27-18-9-7-16(23)8-10-18/h3-10,14-15H,11-13H2,1-2H3,(H,25,26). The minimum absolute atomic E-state index is 0.138. The van der Waals surface area contributed by atoms with Gasteiger partial charge in [0, 0.05) is 10.4 Å². The van der Waals surface area contributed by atoms with Crippen LogP contribution in [0.15, 0.2) is 53.9 Å². The molecular weight excluding hydrogens is 408 g/mol. The van der Waals surface area contributed by atoms with Crippen molar-refractivity contribution in [2.45, 2.75) is 26.9 Å². The van der Waals surface area contributed by atoms with E-state index in [0.717, 1.165) is 10.8 Å². The SMILES string of the molecule is CC(C)COc1ccccc1NC(=O)Cc1csc(COc2ccc(Cl)cc2)n1. The van der Waals surface area contributed by atoms with Crippen LogP contribution in [-0.4, -0.2) is 17.5 Å². The van der Waals surface area contributed by atoms with E-state index in [9.17, 15) is 4.79 Å². The molecule has 1 aromatic heterocycles. The molecule has 7 heteroatoms. The van der Waals surface area contributed by atoms with Crippen molar-refractivity contribution >= 4 is 34.5 Å². The van der Waals surface area contributed by atoms with Gasteiger partial charge in [-0.05, 0) is 42.3 Å². The lowest BCUT2D eigenvalue weighted by molar-refractivity contribution is -0.115. The average Bonchev–Trinajstić information content (AvgIpc) is 3.14. The largest absolute Gasteiger partial charge is 0.491 e. The molecule has 1 N–H and O–H groups in total. The Kier molecular flexibility index (Phi) is 7.49. The van der Waals surface area contributed by atoms with Gasteiger partial charge < -0.3 is 14.8 Å². The van der Waals surface area contributed by atoms with Crippen molar-refractivity contribution in [1.29, 1.82) is 0 Å². The maximum absolute atomic E-state index is 12.4. The van der Waals surface area contributed by atoms with Crippen molar-refractivity contribution in [3.63, 3.8) is 0 Å². The van der Waals surface area contributed by atoms with Crippen LogP contribution in [0.5, 0.6) is 11.5 Å². The van der Waals surface area contributed by atoms with Gasteiger partial charge in [0.25, 0.3) is 0 Å². The molecule has 3 aromatic rings. The van der Waals surface area contributed by atoms with E-state index in [4.69, 9.17) is 21.1 Å². The third-order valence-electron chi connectivity index (χ3n) is 3.85. The Hall–Kier alpha value is -2.57. The highest BCUT2D eigenvalue weighted by atomic mass is 35.5. The highest BCUT2D eigenvalue weighted by Crippen LogP contribution is 2.25. The van der Waals surface area contributed by atoms with Gasteiger partial charge in [0.05, 0.1) is 24.4 Å². The first-order valence-electron chi connectivity index (χ1n) is 9.33. The normalized spacial score (nSPS) is 10.8. The molecule has 29 heavy (non-hydrogen) atoms. The molecular formula is C22H23ClN2O3S. The van der Waals surface area contributed by atoms with E-state index < -0.39 is 0 Å². The van der Waals surface area contributed by atoms with Crippen LogP contribution >= 0.6 is 22.9 Å². The summed E-state index contributed by atoms with van der Waals surface area (Å²) in [5, 5.41) is 6.26. The van der Waals surface area contributed by atoms with Crippen LogP contribution < -0.4 is 14.8 Å². The minimum atomic E-state index is -0.138. The Morgan fingerprint density at radius 1 is 1.14 bits per heavy atom. The third-order valence-corrected chi connectivity index (χ3v) is 4.97. The fraction of sp³-hybridized carbons (Fsp3) is 0.273. The number of halogens is 1. The van der Waals surface area contributed by atoms with Gasteiger partial charge in [0.1, 0.15) is 23.1 Å². The summed E-state index contributed by atoms with van der Waals surface area (Å²) in [6.45, 7) is 5.10. The van der Waals surface area contributed by atoms with Gasteiger partial charge in [-0.1, -0.05) is 37.6 Å². The van der Waals surface area contributed by atoms with Gasteiger partial charge in [-0.15, -0.1) is 11.3 Å². The zero-order chi connectivity index (χ0) is 20.6. The molecule has 0 aliphatic carbocycles. The third kappa shape index (κ3) is 6.76. The number of amides is 1. The van der Waals surface area contributed by atoms with Crippen molar-refractivity contribution in [1.82, 2.24) is 4.98 Å². The van der Waals surface area contributed by atoms with Crippen LogP contribution in [-0.2, 0) is 17.8 Å². The fourth-order valence-corrected chi connectivity index (χ4v) is 3.31. The van der Waals surface area contributed by atoms with E-state index in [0.29, 0.717) is 41.3 Å². The molecule has 0 unspecified atom stereocenters. The Balaban J connectivity index is 1.53. The van der Waals surface area contributed by atoms with Crippen molar-refractivity contribution in [2.75, 3.05) is 11.9 Å². The summed E-state index contributed by atoms with van der Waals surface area (Å²) in [5.74, 6) is 1.66. The molecule has 0 aliphatic rings. The van der Waals surface area contributed by atoms with Gasteiger partial charge in [-0.2, -0.15) is 0 Å². The summed E-state index contributed by atoms with van der Waals surface area (Å²) >= 11 is 7.34. The average molecular weight is 431 g/mol. The number of hydrogen-bond donors (Lipinski definition) is 1. The Morgan fingerprint density at radius 2 is 1.90 bits per heavy atom. The van der Waals surface area contributed by atoms with Gasteiger partial charge in [-0.25, -0.2) is 4.98 Å². The molecule has 5 nitrogen and oxygen atoms in total. The molecule has 1 amide bonds. The van der Waals surface area contributed by atoms with E-state index in [2.05, 4.69) is 24.1 Å². The van der Waals surface area contributed by atoms with Gasteiger partial charge in [-0.3, -0.25) is 4.79 Å². The zero-order valence-corrected chi connectivity index (χ0v) is 17.9. The highest BCUT2D eigenvalue weighted by molar-refractivity contribution is 7.09. The van der Waals surface area contributed by atoms with E-state index in [1.54, 1.807) is 12.1 Å². The molecule has 0 aliphatic heterocycles. The molecule has 0 spiro atoms. The number of aromatic nitrogens is 1. The summed E-state index contributed by atoms with van der Waals surface area (Å²) in [4.78, 5) is 16.9. The zero-order valence-electron chi connectivity index (χ0n) is 16.4. The summed E-state index contributed by atoms with van der Waals surface area (Å²) in [5.41, 5.74) is 1.38. The van der Waals surface area contributed by atoms with Crippen LogP contribution in [0.3, 0.4) is 0 Å². The van der Waals surface area contributed by atoms with Crippen molar-refractivity contribution < 1.29 is 14.3 Å².